The average molecular weight is 487 g/mol. The van der Waals surface area contributed by atoms with Crippen LogP contribution < -0.4 is 14.4 Å². The van der Waals surface area contributed by atoms with Crippen LogP contribution in [0.3, 0.4) is 0 Å². The van der Waals surface area contributed by atoms with Crippen molar-refractivity contribution in [1.82, 2.24) is 5.32 Å². The molecule has 0 heterocycles. The number of carbonyl (C=O) groups excluding carboxylic acids is 1. The summed E-state index contributed by atoms with van der Waals surface area (Å²) < 4.78 is 33.8. The molecule has 3 rings (SSSR count). The molecule has 33 heavy (non-hydrogen) atoms. The molecule has 0 spiro atoms. The number of aryl methyl sites for hydroxylation is 3. The first kappa shape index (κ1) is 24.6. The van der Waals surface area contributed by atoms with Crippen molar-refractivity contribution in [3.05, 3.63) is 87.9 Å². The van der Waals surface area contributed by atoms with E-state index in [1.54, 1.807) is 37.3 Å². The van der Waals surface area contributed by atoms with E-state index in [0.717, 1.165) is 26.6 Å². The second-order valence-electron chi connectivity index (χ2n) is 7.87. The summed E-state index contributed by atoms with van der Waals surface area (Å²) in [5.74, 6) is -0.243. The minimum atomic E-state index is -4.14. The third-order valence-electron chi connectivity index (χ3n) is 5.19. The van der Waals surface area contributed by atoms with E-state index in [1.165, 1.54) is 13.2 Å². The summed E-state index contributed by atoms with van der Waals surface area (Å²) in [5.41, 5.74) is 3.85. The summed E-state index contributed by atoms with van der Waals surface area (Å²) in [5, 5.41) is 3.21. The summed E-state index contributed by atoms with van der Waals surface area (Å²) in [6.07, 6.45) is 0. The number of carbonyl (C=O) groups is 1. The van der Waals surface area contributed by atoms with Gasteiger partial charge in [-0.25, -0.2) is 8.42 Å². The van der Waals surface area contributed by atoms with Crippen LogP contribution in [0, 0.1) is 20.8 Å². The topological polar surface area (TPSA) is 75.7 Å². The molecule has 6 nitrogen and oxygen atoms in total. The molecule has 174 valence electrons. The van der Waals surface area contributed by atoms with Gasteiger partial charge < -0.3 is 10.1 Å². The van der Waals surface area contributed by atoms with Gasteiger partial charge in [-0.05, 0) is 61.7 Å². The highest BCUT2D eigenvalue weighted by Crippen LogP contribution is 2.32. The number of ether oxygens (including phenoxy) is 1. The van der Waals surface area contributed by atoms with Crippen LogP contribution in [0.25, 0.3) is 0 Å². The van der Waals surface area contributed by atoms with Crippen molar-refractivity contribution in [2.45, 2.75) is 32.2 Å². The number of benzene rings is 3. The van der Waals surface area contributed by atoms with Crippen molar-refractivity contribution in [3.8, 4) is 5.75 Å². The smallest absolute Gasteiger partial charge is 0.268 e. The van der Waals surface area contributed by atoms with E-state index < -0.39 is 22.5 Å². The number of nitrogens with zero attached hydrogens (tertiary/aromatic N) is 1. The number of nitrogens with one attached hydrogen (secondary N) is 1. The zero-order chi connectivity index (χ0) is 24.2. The molecule has 8 heteroatoms. The number of sulfonamides is 1. The zero-order valence-electron chi connectivity index (χ0n) is 19.1. The largest absolute Gasteiger partial charge is 0.495 e. The summed E-state index contributed by atoms with van der Waals surface area (Å²) >= 11 is 6.28. The standard InChI is InChI=1S/C25H27ClN2O4S/c1-17-6-5-7-20(12-17)15-27-25(29)16-28(21-10-9-19(3)22(26)14-21)33(30,31)24-13-18(2)8-11-23(24)32-4/h5-14H,15-16H2,1-4H3,(H,27,29). The molecule has 1 amide bonds. The maximum atomic E-state index is 13.7. The van der Waals surface area contributed by atoms with Crippen molar-refractivity contribution in [3.63, 3.8) is 0 Å². The van der Waals surface area contributed by atoms with Crippen molar-refractivity contribution in [2.24, 2.45) is 0 Å². The second-order valence-corrected chi connectivity index (χ2v) is 10.1. The van der Waals surface area contributed by atoms with Gasteiger partial charge in [0.05, 0.1) is 12.8 Å². The van der Waals surface area contributed by atoms with Gasteiger partial charge in [0, 0.05) is 11.6 Å². The van der Waals surface area contributed by atoms with Gasteiger partial charge in [0.1, 0.15) is 17.2 Å². The summed E-state index contributed by atoms with van der Waals surface area (Å²) in [7, 11) is -2.74. The first-order valence-corrected chi connectivity index (χ1v) is 12.2. The molecule has 0 aliphatic carbocycles. The Morgan fingerprint density at radius 1 is 1.00 bits per heavy atom. The van der Waals surface area contributed by atoms with E-state index in [4.69, 9.17) is 16.3 Å². The van der Waals surface area contributed by atoms with Gasteiger partial charge in [0.25, 0.3) is 10.0 Å². The molecule has 3 aromatic carbocycles. The lowest BCUT2D eigenvalue weighted by Crippen LogP contribution is -2.40. The molecule has 1 N–H and O–H groups in total. The maximum absolute atomic E-state index is 13.7. The average Bonchev–Trinajstić information content (AvgIpc) is 2.78. The molecule has 3 aromatic rings. The zero-order valence-corrected chi connectivity index (χ0v) is 20.6. The number of methoxy groups -OCH3 is 1. The van der Waals surface area contributed by atoms with E-state index in [2.05, 4.69) is 5.32 Å². The fourth-order valence-electron chi connectivity index (χ4n) is 3.37. The molecule has 0 saturated heterocycles. The van der Waals surface area contributed by atoms with Crippen LogP contribution in [-0.2, 0) is 21.4 Å². The van der Waals surface area contributed by atoms with Crippen LogP contribution in [0.2, 0.25) is 5.02 Å². The number of halogens is 1. The van der Waals surface area contributed by atoms with Crippen LogP contribution in [-0.4, -0.2) is 28.0 Å². The minimum Gasteiger partial charge on any atom is -0.495 e. The SMILES string of the molecule is COc1ccc(C)cc1S(=O)(=O)N(CC(=O)NCc1cccc(C)c1)c1ccc(C)c(Cl)c1. The molecule has 0 saturated carbocycles. The van der Waals surface area contributed by atoms with Gasteiger partial charge in [-0.2, -0.15) is 0 Å². The first-order valence-electron chi connectivity index (χ1n) is 10.4. The molecular formula is C25H27ClN2O4S. The Hall–Kier alpha value is -3.03. The lowest BCUT2D eigenvalue weighted by molar-refractivity contribution is -0.119. The Morgan fingerprint density at radius 3 is 2.39 bits per heavy atom. The monoisotopic (exact) mass is 486 g/mol. The number of rotatable bonds is 8. The Bertz CT molecular complexity index is 1280. The Balaban J connectivity index is 1.97. The molecule has 0 bridgehead atoms. The van der Waals surface area contributed by atoms with E-state index in [1.807, 2.05) is 38.1 Å². The highest BCUT2D eigenvalue weighted by molar-refractivity contribution is 7.93. The van der Waals surface area contributed by atoms with Gasteiger partial charge in [-0.15, -0.1) is 0 Å². The van der Waals surface area contributed by atoms with E-state index in [9.17, 15) is 13.2 Å². The second kappa shape index (κ2) is 10.3. The summed E-state index contributed by atoms with van der Waals surface area (Å²) in [4.78, 5) is 12.8. The summed E-state index contributed by atoms with van der Waals surface area (Å²) in [6.45, 7) is 5.46. The summed E-state index contributed by atoms with van der Waals surface area (Å²) in [6, 6.07) is 17.5. The maximum Gasteiger partial charge on any atom is 0.268 e. The molecule has 0 radical (unpaired) electrons. The molecule has 0 aromatic heterocycles. The Labute approximate surface area is 200 Å². The Morgan fingerprint density at radius 2 is 1.73 bits per heavy atom. The van der Waals surface area contributed by atoms with Gasteiger partial charge in [-0.3, -0.25) is 9.10 Å². The van der Waals surface area contributed by atoms with Crippen LogP contribution >= 0.6 is 11.6 Å². The highest BCUT2D eigenvalue weighted by atomic mass is 35.5. The predicted octanol–water partition coefficient (Wildman–Crippen LogP) is 4.79. The normalized spacial score (nSPS) is 11.2. The lowest BCUT2D eigenvalue weighted by atomic mass is 10.1. The fraction of sp³-hybridized carbons (Fsp3) is 0.240. The van der Waals surface area contributed by atoms with Crippen molar-refractivity contribution in [1.29, 1.82) is 0 Å². The van der Waals surface area contributed by atoms with Gasteiger partial charge in [0.2, 0.25) is 5.91 Å². The Kier molecular flexibility index (Phi) is 7.66. The molecule has 0 aliphatic heterocycles. The van der Waals surface area contributed by atoms with E-state index >= 15 is 0 Å². The molecule has 0 unspecified atom stereocenters. The molecular weight excluding hydrogens is 460 g/mol. The van der Waals surface area contributed by atoms with Crippen LogP contribution in [0.5, 0.6) is 5.75 Å². The van der Waals surface area contributed by atoms with Crippen LogP contribution in [0.4, 0.5) is 5.69 Å². The molecule has 0 fully saturated rings. The van der Waals surface area contributed by atoms with Gasteiger partial charge >= 0.3 is 0 Å². The quantitative estimate of drug-likeness (QED) is 0.497. The van der Waals surface area contributed by atoms with Crippen LogP contribution in [0.15, 0.2) is 65.6 Å². The highest BCUT2D eigenvalue weighted by Gasteiger charge is 2.30. The van der Waals surface area contributed by atoms with Crippen molar-refractivity contribution in [2.75, 3.05) is 18.0 Å². The van der Waals surface area contributed by atoms with Gasteiger partial charge in [-0.1, -0.05) is 53.6 Å². The van der Waals surface area contributed by atoms with E-state index in [0.29, 0.717) is 10.7 Å². The van der Waals surface area contributed by atoms with E-state index in [-0.39, 0.29) is 17.2 Å². The van der Waals surface area contributed by atoms with Crippen molar-refractivity contribution >= 4 is 33.2 Å². The lowest BCUT2D eigenvalue weighted by Gasteiger charge is -2.25. The number of hydrogen-bond donors (Lipinski definition) is 1. The molecule has 0 aliphatic rings. The first-order chi connectivity index (χ1) is 15.6. The third kappa shape index (κ3) is 5.86. The number of amides is 1. The van der Waals surface area contributed by atoms with Gasteiger partial charge in [0.15, 0.2) is 0 Å². The predicted molar refractivity (Wildman–Crippen MR) is 131 cm³/mol. The fourth-order valence-corrected chi connectivity index (χ4v) is 5.20. The number of anilines is 1. The third-order valence-corrected chi connectivity index (χ3v) is 7.39. The number of hydrogen-bond acceptors (Lipinski definition) is 4. The minimum absolute atomic E-state index is 0.0202. The van der Waals surface area contributed by atoms with Crippen LogP contribution in [0.1, 0.15) is 22.3 Å². The molecule has 0 atom stereocenters. The van der Waals surface area contributed by atoms with Crippen molar-refractivity contribution < 1.29 is 17.9 Å².